The van der Waals surface area contributed by atoms with Crippen LogP contribution in [0.5, 0.6) is 0 Å². The molecular weight excluding hydrogens is 352 g/mol. The summed E-state index contributed by atoms with van der Waals surface area (Å²) in [7, 11) is 1.72. The van der Waals surface area contributed by atoms with E-state index in [0.717, 1.165) is 5.56 Å². The third kappa shape index (κ3) is 5.03. The summed E-state index contributed by atoms with van der Waals surface area (Å²) < 4.78 is 5.24. The van der Waals surface area contributed by atoms with Crippen molar-refractivity contribution in [2.45, 2.75) is 13.0 Å². The fraction of sp³-hybridized carbons (Fsp3) is 0.222. The Morgan fingerprint density at radius 2 is 2.12 bits per heavy atom. The van der Waals surface area contributed by atoms with E-state index in [9.17, 15) is 0 Å². The summed E-state index contributed by atoms with van der Waals surface area (Å²) in [5.41, 5.74) is 1.75. The number of aromatic nitrogens is 3. The van der Waals surface area contributed by atoms with E-state index in [1.54, 1.807) is 13.2 Å². The number of hydrogen-bond acceptors (Lipinski definition) is 5. The number of hydrogen-bond donors (Lipinski definition) is 2. The highest BCUT2D eigenvalue weighted by atomic mass is 35.5. The van der Waals surface area contributed by atoms with Crippen molar-refractivity contribution in [2.24, 2.45) is 4.99 Å². The molecule has 0 radical (unpaired) electrons. The molecule has 0 unspecified atom stereocenters. The first-order chi connectivity index (χ1) is 12.7. The first-order valence-corrected chi connectivity index (χ1v) is 8.55. The van der Waals surface area contributed by atoms with Gasteiger partial charge in [0.25, 0.3) is 5.89 Å². The third-order valence-corrected chi connectivity index (χ3v) is 3.80. The van der Waals surface area contributed by atoms with Crippen LogP contribution in [0, 0.1) is 0 Å². The topological polar surface area (TPSA) is 88.2 Å². The molecular formula is C18H19ClN6O. The molecule has 0 saturated carbocycles. The molecule has 0 fully saturated rings. The van der Waals surface area contributed by atoms with Gasteiger partial charge in [-0.15, -0.1) is 0 Å². The number of rotatable bonds is 6. The molecule has 2 heterocycles. The second-order valence-electron chi connectivity index (χ2n) is 5.46. The van der Waals surface area contributed by atoms with E-state index < -0.39 is 0 Å². The highest BCUT2D eigenvalue weighted by Crippen LogP contribution is 2.13. The number of aliphatic imine (C=N–C) groups is 1. The standard InChI is InChI=1S/C18H19ClN6O/c1-20-18(23-12-13-5-4-6-14(19)11-13)22-10-8-16-24-17(26-25-16)15-7-2-3-9-21-15/h2-7,9,11H,8,10,12H2,1H3,(H2,20,22,23). The van der Waals surface area contributed by atoms with Gasteiger partial charge in [-0.25, -0.2) is 0 Å². The Kier molecular flexibility index (Phi) is 6.16. The molecule has 26 heavy (non-hydrogen) atoms. The SMILES string of the molecule is CN=C(NCCc1noc(-c2ccccn2)n1)NCc1cccc(Cl)c1. The largest absolute Gasteiger partial charge is 0.356 e. The second-order valence-corrected chi connectivity index (χ2v) is 5.90. The molecule has 1 aromatic carbocycles. The van der Waals surface area contributed by atoms with Gasteiger partial charge in [0.1, 0.15) is 5.69 Å². The smallest absolute Gasteiger partial charge is 0.276 e. The van der Waals surface area contributed by atoms with Crippen molar-refractivity contribution in [1.29, 1.82) is 0 Å². The van der Waals surface area contributed by atoms with Gasteiger partial charge in [0.15, 0.2) is 11.8 Å². The lowest BCUT2D eigenvalue weighted by atomic mass is 10.2. The Hall–Kier alpha value is -2.93. The zero-order valence-corrected chi connectivity index (χ0v) is 15.1. The molecule has 0 spiro atoms. The van der Waals surface area contributed by atoms with Crippen LogP contribution < -0.4 is 10.6 Å². The summed E-state index contributed by atoms with van der Waals surface area (Å²) >= 11 is 5.99. The Morgan fingerprint density at radius 3 is 2.88 bits per heavy atom. The highest BCUT2D eigenvalue weighted by Gasteiger charge is 2.09. The molecule has 0 aliphatic heterocycles. The van der Waals surface area contributed by atoms with Gasteiger partial charge in [-0.2, -0.15) is 4.98 Å². The van der Waals surface area contributed by atoms with Crippen molar-refractivity contribution in [3.8, 4) is 11.6 Å². The van der Waals surface area contributed by atoms with Crippen LogP contribution in [0.2, 0.25) is 5.02 Å². The highest BCUT2D eigenvalue weighted by molar-refractivity contribution is 6.30. The van der Waals surface area contributed by atoms with Crippen LogP contribution in [0.15, 0.2) is 58.2 Å². The van der Waals surface area contributed by atoms with E-state index in [1.807, 2.05) is 42.5 Å². The average Bonchev–Trinajstić information content (AvgIpc) is 3.14. The van der Waals surface area contributed by atoms with Crippen LogP contribution in [0.1, 0.15) is 11.4 Å². The fourth-order valence-electron chi connectivity index (χ4n) is 2.29. The molecule has 0 aliphatic rings. The number of halogens is 1. The van der Waals surface area contributed by atoms with Crippen molar-refractivity contribution < 1.29 is 4.52 Å². The first-order valence-electron chi connectivity index (χ1n) is 8.17. The van der Waals surface area contributed by atoms with Gasteiger partial charge in [0.05, 0.1) is 0 Å². The quantitative estimate of drug-likeness (QED) is 0.512. The molecule has 7 nitrogen and oxygen atoms in total. The molecule has 0 bridgehead atoms. The van der Waals surface area contributed by atoms with Crippen LogP contribution in [-0.2, 0) is 13.0 Å². The van der Waals surface area contributed by atoms with Crippen LogP contribution in [0.3, 0.4) is 0 Å². The van der Waals surface area contributed by atoms with Gasteiger partial charge in [-0.3, -0.25) is 9.98 Å². The van der Waals surface area contributed by atoms with E-state index >= 15 is 0 Å². The monoisotopic (exact) mass is 370 g/mol. The zero-order valence-electron chi connectivity index (χ0n) is 14.3. The van der Waals surface area contributed by atoms with Gasteiger partial charge in [0.2, 0.25) is 0 Å². The lowest BCUT2D eigenvalue weighted by molar-refractivity contribution is 0.421. The van der Waals surface area contributed by atoms with E-state index in [4.69, 9.17) is 16.1 Å². The summed E-state index contributed by atoms with van der Waals surface area (Å²) in [6.45, 7) is 1.25. The molecule has 8 heteroatoms. The van der Waals surface area contributed by atoms with Crippen molar-refractivity contribution in [1.82, 2.24) is 25.8 Å². The molecule has 0 aliphatic carbocycles. The van der Waals surface area contributed by atoms with Gasteiger partial charge >= 0.3 is 0 Å². The van der Waals surface area contributed by atoms with Gasteiger partial charge < -0.3 is 15.2 Å². The molecule has 3 aromatic rings. The molecule has 134 valence electrons. The average molecular weight is 371 g/mol. The summed E-state index contributed by atoms with van der Waals surface area (Å²) in [6.07, 6.45) is 2.30. The fourth-order valence-corrected chi connectivity index (χ4v) is 2.51. The summed E-state index contributed by atoms with van der Waals surface area (Å²) in [5, 5.41) is 11.1. The normalized spacial score (nSPS) is 11.4. The molecule has 0 saturated heterocycles. The number of nitrogens with zero attached hydrogens (tertiary/aromatic N) is 4. The van der Waals surface area contributed by atoms with Gasteiger partial charge in [-0.1, -0.05) is 35.0 Å². The van der Waals surface area contributed by atoms with E-state index in [-0.39, 0.29) is 0 Å². The molecule has 3 rings (SSSR count). The lowest BCUT2D eigenvalue weighted by Gasteiger charge is -2.11. The molecule has 0 amide bonds. The van der Waals surface area contributed by atoms with Crippen LogP contribution in [0.25, 0.3) is 11.6 Å². The van der Waals surface area contributed by atoms with Crippen molar-refractivity contribution >= 4 is 17.6 Å². The van der Waals surface area contributed by atoms with Crippen LogP contribution in [0.4, 0.5) is 0 Å². The number of guanidine groups is 1. The Bertz CT molecular complexity index is 865. The minimum absolute atomic E-state index is 0.420. The van der Waals surface area contributed by atoms with Crippen LogP contribution in [-0.4, -0.2) is 34.7 Å². The first kappa shape index (κ1) is 17.9. The van der Waals surface area contributed by atoms with Crippen molar-refractivity contribution in [3.63, 3.8) is 0 Å². The molecule has 0 atom stereocenters. The van der Waals surface area contributed by atoms with E-state index in [2.05, 4.69) is 30.8 Å². The summed E-state index contributed by atoms with van der Waals surface area (Å²) in [4.78, 5) is 12.7. The Morgan fingerprint density at radius 1 is 1.19 bits per heavy atom. The maximum Gasteiger partial charge on any atom is 0.276 e. The Balaban J connectivity index is 1.47. The third-order valence-electron chi connectivity index (χ3n) is 3.57. The van der Waals surface area contributed by atoms with Gasteiger partial charge in [-0.05, 0) is 29.8 Å². The molecule has 2 N–H and O–H groups in total. The maximum absolute atomic E-state index is 5.99. The number of nitrogens with one attached hydrogen (secondary N) is 2. The number of pyridine rings is 1. The Labute approximate surface area is 156 Å². The second kappa shape index (κ2) is 8.96. The number of benzene rings is 1. The maximum atomic E-state index is 5.99. The van der Waals surface area contributed by atoms with Crippen molar-refractivity contribution in [3.05, 3.63) is 65.1 Å². The van der Waals surface area contributed by atoms with Crippen LogP contribution >= 0.6 is 11.6 Å². The minimum atomic E-state index is 0.420. The molecule has 2 aromatic heterocycles. The van der Waals surface area contributed by atoms with Crippen molar-refractivity contribution in [2.75, 3.05) is 13.6 Å². The summed E-state index contributed by atoms with van der Waals surface area (Å²) in [6, 6.07) is 13.2. The van der Waals surface area contributed by atoms with E-state index in [1.165, 1.54) is 0 Å². The predicted octanol–water partition coefficient (Wildman–Crippen LogP) is 2.69. The predicted molar refractivity (Wildman–Crippen MR) is 101 cm³/mol. The zero-order chi connectivity index (χ0) is 18.2. The minimum Gasteiger partial charge on any atom is -0.356 e. The van der Waals surface area contributed by atoms with Gasteiger partial charge in [0, 0.05) is 37.8 Å². The van der Waals surface area contributed by atoms with E-state index in [0.29, 0.717) is 47.9 Å². The lowest BCUT2D eigenvalue weighted by Crippen LogP contribution is -2.37. The summed E-state index contributed by atoms with van der Waals surface area (Å²) in [5.74, 6) is 1.73.